The van der Waals surface area contributed by atoms with Gasteiger partial charge in [-0.05, 0) is 37.6 Å². The summed E-state index contributed by atoms with van der Waals surface area (Å²) < 4.78 is 28.8. The van der Waals surface area contributed by atoms with E-state index >= 15 is 0 Å². The van der Waals surface area contributed by atoms with Crippen LogP contribution in [0.5, 0.6) is 0 Å². The molecule has 1 aliphatic heterocycles. The Morgan fingerprint density at radius 1 is 1.35 bits per heavy atom. The normalized spacial score (nSPS) is 31.7. The van der Waals surface area contributed by atoms with Crippen molar-refractivity contribution in [2.75, 3.05) is 33.2 Å². The predicted octanol–water partition coefficient (Wildman–Crippen LogP) is 1.28. The molecule has 2 fully saturated rings. The molecule has 0 radical (unpaired) electrons. The summed E-state index contributed by atoms with van der Waals surface area (Å²) in [4.78, 5) is 0. The van der Waals surface area contributed by atoms with Gasteiger partial charge in [-0.3, -0.25) is 0 Å². The van der Waals surface area contributed by atoms with Crippen LogP contribution < -0.4 is 5.32 Å². The standard InChI is InChI=1S/C14H29N3O2S/c1-4-15-10-14-7-5-6-8-17(14)20(18,19)16(3)11-13-9-12(13)2/h12-15H,4-11H2,1-3H3. The van der Waals surface area contributed by atoms with Crippen molar-refractivity contribution in [2.45, 2.75) is 45.6 Å². The minimum Gasteiger partial charge on any atom is -0.315 e. The number of piperidine rings is 1. The fourth-order valence-electron chi connectivity index (χ4n) is 3.05. The molecule has 3 atom stereocenters. The SMILES string of the molecule is CCNCC1CCCCN1S(=O)(=O)N(C)CC1CC1C. The van der Waals surface area contributed by atoms with Gasteiger partial charge < -0.3 is 5.32 Å². The monoisotopic (exact) mass is 303 g/mol. The lowest BCUT2D eigenvalue weighted by Gasteiger charge is -2.37. The predicted molar refractivity (Wildman–Crippen MR) is 81.7 cm³/mol. The van der Waals surface area contributed by atoms with E-state index in [1.807, 2.05) is 0 Å². The first-order valence-electron chi connectivity index (χ1n) is 7.90. The van der Waals surface area contributed by atoms with Gasteiger partial charge in [0.2, 0.25) is 0 Å². The number of hydrogen-bond donors (Lipinski definition) is 1. The Balaban J connectivity index is 2.00. The Kier molecular flexibility index (Phi) is 5.45. The van der Waals surface area contributed by atoms with Gasteiger partial charge in [0.05, 0.1) is 0 Å². The zero-order valence-corrected chi connectivity index (χ0v) is 13.8. The van der Waals surface area contributed by atoms with Crippen molar-refractivity contribution < 1.29 is 8.42 Å². The fourth-order valence-corrected chi connectivity index (χ4v) is 4.70. The third-order valence-corrected chi connectivity index (χ3v) is 6.67. The molecule has 1 heterocycles. The summed E-state index contributed by atoms with van der Waals surface area (Å²) >= 11 is 0. The number of hydrogen-bond acceptors (Lipinski definition) is 3. The highest BCUT2D eigenvalue weighted by Gasteiger charge is 2.39. The quantitative estimate of drug-likeness (QED) is 0.771. The summed E-state index contributed by atoms with van der Waals surface area (Å²) in [6, 6.07) is 0.118. The van der Waals surface area contributed by atoms with Gasteiger partial charge in [0, 0.05) is 32.7 Å². The number of likely N-dealkylation sites (N-methyl/N-ethyl adjacent to an activating group) is 1. The minimum absolute atomic E-state index is 0.118. The van der Waals surface area contributed by atoms with Crippen LogP contribution in [0, 0.1) is 11.8 Å². The van der Waals surface area contributed by atoms with Crippen LogP contribution in [0.1, 0.15) is 39.5 Å². The van der Waals surface area contributed by atoms with Gasteiger partial charge in [-0.15, -0.1) is 0 Å². The molecule has 0 aromatic heterocycles. The first-order valence-corrected chi connectivity index (χ1v) is 9.30. The second kappa shape index (κ2) is 6.73. The summed E-state index contributed by atoms with van der Waals surface area (Å²) in [5, 5.41) is 3.29. The average molecular weight is 303 g/mol. The van der Waals surface area contributed by atoms with E-state index < -0.39 is 10.2 Å². The Hall–Kier alpha value is -0.170. The molecule has 0 bridgehead atoms. The van der Waals surface area contributed by atoms with E-state index in [0.717, 1.165) is 32.4 Å². The first-order chi connectivity index (χ1) is 9.46. The molecule has 0 amide bonds. The van der Waals surface area contributed by atoms with Crippen molar-refractivity contribution in [1.82, 2.24) is 13.9 Å². The van der Waals surface area contributed by atoms with E-state index in [1.54, 1.807) is 15.7 Å². The van der Waals surface area contributed by atoms with Crippen LogP contribution in [0.4, 0.5) is 0 Å². The third kappa shape index (κ3) is 3.72. The van der Waals surface area contributed by atoms with Gasteiger partial charge in [-0.2, -0.15) is 17.0 Å². The lowest BCUT2D eigenvalue weighted by atomic mass is 10.1. The molecule has 2 aliphatic rings. The van der Waals surface area contributed by atoms with Crippen molar-refractivity contribution in [1.29, 1.82) is 0 Å². The zero-order valence-electron chi connectivity index (χ0n) is 13.0. The van der Waals surface area contributed by atoms with E-state index in [9.17, 15) is 8.42 Å². The van der Waals surface area contributed by atoms with Crippen molar-refractivity contribution in [3.05, 3.63) is 0 Å². The molecule has 0 aromatic rings. The molecule has 0 spiro atoms. The van der Waals surface area contributed by atoms with Crippen LogP contribution >= 0.6 is 0 Å². The van der Waals surface area contributed by atoms with Gasteiger partial charge in [-0.1, -0.05) is 20.3 Å². The maximum Gasteiger partial charge on any atom is 0.282 e. The molecule has 5 nitrogen and oxygen atoms in total. The molecule has 0 aromatic carbocycles. The summed E-state index contributed by atoms with van der Waals surface area (Å²) in [6.45, 7) is 7.25. The number of rotatable bonds is 7. The molecule has 1 aliphatic carbocycles. The van der Waals surface area contributed by atoms with Crippen LogP contribution in [0.3, 0.4) is 0 Å². The Morgan fingerprint density at radius 3 is 2.65 bits per heavy atom. The molecule has 20 heavy (non-hydrogen) atoms. The van der Waals surface area contributed by atoms with Crippen LogP contribution in [0.25, 0.3) is 0 Å². The zero-order chi connectivity index (χ0) is 14.8. The van der Waals surface area contributed by atoms with Gasteiger partial charge in [-0.25, -0.2) is 0 Å². The molecule has 1 saturated carbocycles. The highest BCUT2D eigenvalue weighted by molar-refractivity contribution is 7.86. The van der Waals surface area contributed by atoms with E-state index in [0.29, 0.717) is 24.9 Å². The molecule has 2 rings (SSSR count). The van der Waals surface area contributed by atoms with Crippen LogP contribution in [-0.4, -0.2) is 56.3 Å². The lowest BCUT2D eigenvalue weighted by molar-refractivity contribution is 0.230. The molecule has 1 N–H and O–H groups in total. The van der Waals surface area contributed by atoms with Crippen LogP contribution in [0.2, 0.25) is 0 Å². The maximum absolute atomic E-state index is 12.8. The maximum atomic E-state index is 12.8. The minimum atomic E-state index is -3.29. The molecule has 1 saturated heterocycles. The second-order valence-corrected chi connectivity index (χ2v) is 8.32. The summed E-state index contributed by atoms with van der Waals surface area (Å²) in [5.41, 5.74) is 0. The highest BCUT2D eigenvalue weighted by Crippen LogP contribution is 2.38. The van der Waals surface area contributed by atoms with Crippen LogP contribution in [-0.2, 0) is 10.2 Å². The highest BCUT2D eigenvalue weighted by atomic mass is 32.2. The Morgan fingerprint density at radius 2 is 2.05 bits per heavy atom. The fraction of sp³-hybridized carbons (Fsp3) is 1.00. The molecule has 6 heteroatoms. The Bertz CT molecular complexity index is 413. The van der Waals surface area contributed by atoms with Crippen LogP contribution in [0.15, 0.2) is 0 Å². The number of nitrogens with one attached hydrogen (secondary N) is 1. The average Bonchev–Trinajstić information content (AvgIpc) is 3.12. The Labute approximate surface area is 123 Å². The third-order valence-electron chi connectivity index (χ3n) is 4.66. The van der Waals surface area contributed by atoms with Gasteiger partial charge in [0.25, 0.3) is 10.2 Å². The van der Waals surface area contributed by atoms with E-state index in [1.165, 1.54) is 6.42 Å². The topological polar surface area (TPSA) is 52.7 Å². The van der Waals surface area contributed by atoms with Gasteiger partial charge in [0.15, 0.2) is 0 Å². The summed E-state index contributed by atoms with van der Waals surface area (Å²) in [6.07, 6.45) is 4.25. The molecular formula is C14H29N3O2S. The summed E-state index contributed by atoms with van der Waals surface area (Å²) in [5.74, 6) is 1.25. The van der Waals surface area contributed by atoms with Crippen molar-refractivity contribution in [3.63, 3.8) is 0 Å². The van der Waals surface area contributed by atoms with E-state index in [-0.39, 0.29) is 6.04 Å². The van der Waals surface area contributed by atoms with Gasteiger partial charge >= 0.3 is 0 Å². The molecule has 3 unspecified atom stereocenters. The van der Waals surface area contributed by atoms with Crippen molar-refractivity contribution in [3.8, 4) is 0 Å². The summed E-state index contributed by atoms with van der Waals surface area (Å²) in [7, 11) is -1.56. The van der Waals surface area contributed by atoms with Crippen molar-refractivity contribution >= 4 is 10.2 Å². The second-order valence-electron chi connectivity index (χ2n) is 6.33. The lowest BCUT2D eigenvalue weighted by Crippen LogP contribution is -2.53. The van der Waals surface area contributed by atoms with E-state index in [2.05, 4.69) is 19.2 Å². The van der Waals surface area contributed by atoms with Gasteiger partial charge in [0.1, 0.15) is 0 Å². The van der Waals surface area contributed by atoms with E-state index in [4.69, 9.17) is 0 Å². The smallest absolute Gasteiger partial charge is 0.282 e. The first kappa shape index (κ1) is 16.2. The molecular weight excluding hydrogens is 274 g/mol. The molecule has 118 valence electrons. The number of nitrogens with zero attached hydrogens (tertiary/aromatic N) is 2. The van der Waals surface area contributed by atoms with Crippen molar-refractivity contribution in [2.24, 2.45) is 11.8 Å². The largest absolute Gasteiger partial charge is 0.315 e.